The Morgan fingerprint density at radius 1 is 1.19 bits per heavy atom. The maximum absolute atomic E-state index is 13.1. The number of halogens is 1. The van der Waals surface area contributed by atoms with E-state index in [-0.39, 0.29) is 4.90 Å². The van der Waals surface area contributed by atoms with Gasteiger partial charge in [-0.15, -0.1) is 11.3 Å². The van der Waals surface area contributed by atoms with Gasteiger partial charge in [0.25, 0.3) is 10.0 Å². The van der Waals surface area contributed by atoms with Gasteiger partial charge < -0.3 is 10.2 Å². The fourth-order valence-corrected chi connectivity index (χ4v) is 5.78. The molecule has 0 unspecified atom stereocenters. The lowest BCUT2D eigenvalue weighted by molar-refractivity contribution is 0.376. The highest BCUT2D eigenvalue weighted by atomic mass is 32.2. The minimum atomic E-state index is -3.77. The molecule has 0 saturated carbocycles. The SMILES string of the molecule is C[C@@H](Cc1cncs1)NC1CCN(c2cccc(NS(=O)(=O)c3ccc(F)cc3)c2)CC1. The predicted octanol–water partition coefficient (Wildman–Crippen LogP) is 4.27. The first kappa shape index (κ1) is 22.7. The fourth-order valence-electron chi connectivity index (χ4n) is 4.00. The van der Waals surface area contributed by atoms with Crippen LogP contribution in [-0.4, -0.2) is 38.6 Å². The first-order chi connectivity index (χ1) is 15.4. The maximum Gasteiger partial charge on any atom is 0.261 e. The number of piperidine rings is 1. The van der Waals surface area contributed by atoms with Crippen LogP contribution in [0.25, 0.3) is 0 Å². The van der Waals surface area contributed by atoms with Crippen LogP contribution in [0.5, 0.6) is 0 Å². The molecule has 0 bridgehead atoms. The van der Waals surface area contributed by atoms with Crippen molar-refractivity contribution in [1.82, 2.24) is 10.3 Å². The van der Waals surface area contributed by atoms with Crippen molar-refractivity contribution in [3.63, 3.8) is 0 Å². The molecular weight excluding hydrogens is 447 g/mol. The second-order valence-electron chi connectivity index (χ2n) is 8.11. The summed E-state index contributed by atoms with van der Waals surface area (Å²) in [5, 5.41) is 3.73. The lowest BCUT2D eigenvalue weighted by atomic mass is 10.0. The zero-order chi connectivity index (χ0) is 22.6. The first-order valence-corrected chi connectivity index (χ1v) is 13.0. The zero-order valence-corrected chi connectivity index (χ0v) is 19.5. The summed E-state index contributed by atoms with van der Waals surface area (Å²) in [5.74, 6) is -0.471. The second-order valence-corrected chi connectivity index (χ2v) is 10.8. The van der Waals surface area contributed by atoms with Crippen LogP contribution in [0.4, 0.5) is 15.8 Å². The Morgan fingerprint density at radius 2 is 1.94 bits per heavy atom. The van der Waals surface area contributed by atoms with Crippen molar-refractivity contribution in [2.24, 2.45) is 0 Å². The summed E-state index contributed by atoms with van der Waals surface area (Å²) < 4.78 is 40.9. The van der Waals surface area contributed by atoms with Gasteiger partial charge in [-0.3, -0.25) is 9.71 Å². The Bertz CT molecular complexity index is 1110. The molecule has 0 aliphatic carbocycles. The van der Waals surface area contributed by atoms with Gasteiger partial charge in [0.05, 0.1) is 16.1 Å². The van der Waals surface area contributed by atoms with E-state index in [0.29, 0.717) is 17.8 Å². The van der Waals surface area contributed by atoms with E-state index in [2.05, 4.69) is 26.8 Å². The van der Waals surface area contributed by atoms with Crippen molar-refractivity contribution >= 4 is 32.7 Å². The normalized spacial score (nSPS) is 16.1. The molecule has 0 radical (unpaired) electrons. The first-order valence-electron chi connectivity index (χ1n) is 10.7. The summed E-state index contributed by atoms with van der Waals surface area (Å²) in [6, 6.07) is 13.1. The molecule has 170 valence electrons. The molecule has 0 amide bonds. The number of hydrogen-bond donors (Lipinski definition) is 2. The molecule has 1 atom stereocenters. The average molecular weight is 475 g/mol. The molecule has 2 aromatic carbocycles. The molecule has 3 aromatic rings. The molecular formula is C23H27FN4O2S2. The van der Waals surface area contributed by atoms with Crippen molar-refractivity contribution < 1.29 is 12.8 Å². The van der Waals surface area contributed by atoms with Crippen molar-refractivity contribution in [1.29, 1.82) is 0 Å². The van der Waals surface area contributed by atoms with E-state index in [1.54, 1.807) is 17.4 Å². The van der Waals surface area contributed by atoms with Crippen molar-refractivity contribution in [2.75, 3.05) is 22.7 Å². The number of aromatic nitrogens is 1. The van der Waals surface area contributed by atoms with E-state index in [1.807, 2.05) is 29.9 Å². The lowest BCUT2D eigenvalue weighted by Crippen LogP contribution is -2.46. The highest BCUT2D eigenvalue weighted by Gasteiger charge is 2.22. The van der Waals surface area contributed by atoms with E-state index in [1.165, 1.54) is 17.0 Å². The zero-order valence-electron chi connectivity index (χ0n) is 17.9. The van der Waals surface area contributed by atoms with Crippen LogP contribution in [0.3, 0.4) is 0 Å². The van der Waals surface area contributed by atoms with Gasteiger partial charge >= 0.3 is 0 Å². The Balaban J connectivity index is 1.33. The smallest absolute Gasteiger partial charge is 0.261 e. The monoisotopic (exact) mass is 474 g/mol. The topological polar surface area (TPSA) is 74.3 Å². The number of nitrogens with one attached hydrogen (secondary N) is 2. The van der Waals surface area contributed by atoms with Crippen LogP contribution < -0.4 is 14.9 Å². The van der Waals surface area contributed by atoms with Gasteiger partial charge in [-0.05, 0) is 68.7 Å². The van der Waals surface area contributed by atoms with Crippen LogP contribution in [0.15, 0.2) is 65.1 Å². The molecule has 0 spiro atoms. The summed E-state index contributed by atoms with van der Waals surface area (Å²) in [6.07, 6.45) is 4.97. The third-order valence-corrected chi connectivity index (χ3v) is 7.79. The summed E-state index contributed by atoms with van der Waals surface area (Å²) in [4.78, 5) is 7.75. The Kier molecular flexibility index (Phi) is 7.07. The predicted molar refractivity (Wildman–Crippen MR) is 127 cm³/mol. The molecule has 32 heavy (non-hydrogen) atoms. The number of hydrogen-bond acceptors (Lipinski definition) is 6. The fraction of sp³-hybridized carbons (Fsp3) is 0.348. The van der Waals surface area contributed by atoms with Crippen LogP contribution in [0.2, 0.25) is 0 Å². The third kappa shape index (κ3) is 5.85. The minimum Gasteiger partial charge on any atom is -0.371 e. The summed E-state index contributed by atoms with van der Waals surface area (Å²) in [5.41, 5.74) is 3.35. The Labute approximate surface area is 192 Å². The summed E-state index contributed by atoms with van der Waals surface area (Å²) in [6.45, 7) is 4.01. The lowest BCUT2D eigenvalue weighted by Gasteiger charge is -2.35. The van der Waals surface area contributed by atoms with Crippen molar-refractivity contribution in [3.05, 3.63) is 70.9 Å². The standard InChI is InChI=1S/C23H27FN4O2S2/c1-17(13-22-15-25-16-31-22)26-19-9-11-28(12-10-19)21-4-2-3-20(14-21)27-32(29,30)23-7-5-18(24)6-8-23/h2-8,14-17,19,26-27H,9-13H2,1H3/t17-/m0/s1. The van der Waals surface area contributed by atoms with Gasteiger partial charge in [-0.2, -0.15) is 0 Å². The maximum atomic E-state index is 13.1. The third-order valence-electron chi connectivity index (χ3n) is 5.59. The van der Waals surface area contributed by atoms with Crippen LogP contribution in [0.1, 0.15) is 24.6 Å². The Hall–Kier alpha value is -2.49. The van der Waals surface area contributed by atoms with Crippen LogP contribution >= 0.6 is 11.3 Å². The van der Waals surface area contributed by atoms with Gasteiger partial charge in [0.15, 0.2) is 0 Å². The Morgan fingerprint density at radius 3 is 2.62 bits per heavy atom. The van der Waals surface area contributed by atoms with E-state index < -0.39 is 15.8 Å². The number of anilines is 2. The van der Waals surface area contributed by atoms with Crippen LogP contribution in [-0.2, 0) is 16.4 Å². The molecule has 1 aliphatic rings. The van der Waals surface area contributed by atoms with E-state index in [4.69, 9.17) is 0 Å². The molecule has 2 heterocycles. The number of rotatable bonds is 8. The number of nitrogens with zero attached hydrogens (tertiary/aromatic N) is 2. The van der Waals surface area contributed by atoms with E-state index in [0.717, 1.165) is 50.2 Å². The number of thiazole rings is 1. The minimum absolute atomic E-state index is 0.0311. The highest BCUT2D eigenvalue weighted by Crippen LogP contribution is 2.25. The van der Waals surface area contributed by atoms with Crippen molar-refractivity contribution in [3.8, 4) is 0 Å². The van der Waals surface area contributed by atoms with E-state index >= 15 is 0 Å². The second kappa shape index (κ2) is 9.97. The average Bonchev–Trinajstić information content (AvgIpc) is 3.27. The summed E-state index contributed by atoms with van der Waals surface area (Å²) in [7, 11) is -3.77. The molecule has 1 fully saturated rings. The van der Waals surface area contributed by atoms with Gasteiger partial charge in [0, 0.05) is 41.9 Å². The molecule has 1 saturated heterocycles. The van der Waals surface area contributed by atoms with Gasteiger partial charge in [0.2, 0.25) is 0 Å². The quantitative estimate of drug-likeness (QED) is 0.510. The number of benzene rings is 2. The van der Waals surface area contributed by atoms with E-state index in [9.17, 15) is 12.8 Å². The molecule has 2 N–H and O–H groups in total. The summed E-state index contributed by atoms with van der Waals surface area (Å²) >= 11 is 1.69. The van der Waals surface area contributed by atoms with Gasteiger partial charge in [-0.25, -0.2) is 12.8 Å². The molecule has 9 heteroatoms. The molecule has 1 aliphatic heterocycles. The largest absolute Gasteiger partial charge is 0.371 e. The van der Waals surface area contributed by atoms with Gasteiger partial charge in [-0.1, -0.05) is 6.07 Å². The van der Waals surface area contributed by atoms with Crippen molar-refractivity contribution in [2.45, 2.75) is 43.2 Å². The molecule has 4 rings (SSSR count). The molecule has 6 nitrogen and oxygen atoms in total. The van der Waals surface area contributed by atoms with Crippen LogP contribution in [0, 0.1) is 5.82 Å². The number of sulfonamides is 1. The van der Waals surface area contributed by atoms with Gasteiger partial charge in [0.1, 0.15) is 5.82 Å². The molecule has 1 aromatic heterocycles. The highest BCUT2D eigenvalue weighted by molar-refractivity contribution is 7.92.